The van der Waals surface area contributed by atoms with Gasteiger partial charge in [0.05, 0.1) is 12.6 Å². The van der Waals surface area contributed by atoms with E-state index in [4.69, 9.17) is 29.6 Å². The first-order chi connectivity index (χ1) is 9.93. The van der Waals surface area contributed by atoms with E-state index in [9.17, 15) is 14.7 Å². The number of carbonyl (C=O) groups excluding carboxylic acids is 2. The minimum Gasteiger partial charge on any atom is -0.387 e. The van der Waals surface area contributed by atoms with Crippen molar-refractivity contribution in [2.45, 2.75) is 12.5 Å². The summed E-state index contributed by atoms with van der Waals surface area (Å²) in [6.07, 6.45) is 3.62. The SMILES string of the molecule is C#CCNC(=O)CC(=O)NCC(O)c1ccc(Cl)cc1Cl. The molecule has 0 saturated heterocycles. The molecule has 112 valence electrons. The van der Waals surface area contributed by atoms with Crippen molar-refractivity contribution < 1.29 is 14.7 Å². The summed E-state index contributed by atoms with van der Waals surface area (Å²) in [6, 6.07) is 4.65. The van der Waals surface area contributed by atoms with Crippen molar-refractivity contribution in [3.8, 4) is 12.3 Å². The highest BCUT2D eigenvalue weighted by atomic mass is 35.5. The second kappa shape index (κ2) is 8.53. The number of aliphatic hydroxyl groups is 1. The highest BCUT2D eigenvalue weighted by Crippen LogP contribution is 2.25. The largest absolute Gasteiger partial charge is 0.387 e. The number of halogens is 2. The van der Waals surface area contributed by atoms with E-state index in [1.165, 1.54) is 6.07 Å². The van der Waals surface area contributed by atoms with E-state index in [0.29, 0.717) is 15.6 Å². The monoisotopic (exact) mass is 328 g/mol. The Balaban J connectivity index is 2.45. The molecule has 1 unspecified atom stereocenters. The highest BCUT2D eigenvalue weighted by Gasteiger charge is 2.14. The standard InChI is InChI=1S/C14H14Cl2N2O3/c1-2-5-17-13(20)7-14(21)18-8-12(19)10-4-3-9(15)6-11(10)16/h1,3-4,6,12,19H,5,7-8H2,(H,17,20)(H,18,21). The molecule has 3 N–H and O–H groups in total. The lowest BCUT2D eigenvalue weighted by Gasteiger charge is -2.14. The maximum absolute atomic E-state index is 11.5. The van der Waals surface area contributed by atoms with Crippen molar-refractivity contribution in [2.75, 3.05) is 13.1 Å². The van der Waals surface area contributed by atoms with Gasteiger partial charge in [-0.25, -0.2) is 0 Å². The van der Waals surface area contributed by atoms with Gasteiger partial charge in [-0.1, -0.05) is 35.2 Å². The fourth-order valence-corrected chi connectivity index (χ4v) is 2.05. The number of aliphatic hydroxyl groups excluding tert-OH is 1. The first-order valence-electron chi connectivity index (χ1n) is 6.04. The molecule has 0 heterocycles. The summed E-state index contributed by atoms with van der Waals surface area (Å²) in [6.45, 7) is -0.00226. The Morgan fingerprint density at radius 2 is 1.95 bits per heavy atom. The quantitative estimate of drug-likeness (QED) is 0.543. The first-order valence-corrected chi connectivity index (χ1v) is 6.79. The molecular weight excluding hydrogens is 315 g/mol. The van der Waals surface area contributed by atoms with Crippen molar-refractivity contribution >= 4 is 35.0 Å². The Hall–Kier alpha value is -1.74. The molecule has 1 aromatic carbocycles. The number of amides is 2. The lowest BCUT2D eigenvalue weighted by Crippen LogP contribution is -2.34. The van der Waals surface area contributed by atoms with Gasteiger partial charge in [0.25, 0.3) is 0 Å². The molecule has 1 atom stereocenters. The molecule has 7 heteroatoms. The second-order valence-electron chi connectivity index (χ2n) is 4.14. The number of nitrogens with one attached hydrogen (secondary N) is 2. The average molecular weight is 329 g/mol. The number of rotatable bonds is 6. The summed E-state index contributed by atoms with van der Waals surface area (Å²) >= 11 is 11.7. The van der Waals surface area contributed by atoms with E-state index in [2.05, 4.69) is 16.6 Å². The van der Waals surface area contributed by atoms with E-state index in [-0.39, 0.29) is 19.5 Å². The number of terminal acetylenes is 1. The zero-order valence-electron chi connectivity index (χ0n) is 11.0. The topological polar surface area (TPSA) is 78.4 Å². The van der Waals surface area contributed by atoms with E-state index in [1.807, 2.05) is 0 Å². The second-order valence-corrected chi connectivity index (χ2v) is 4.99. The van der Waals surface area contributed by atoms with Gasteiger partial charge in [0.2, 0.25) is 11.8 Å². The number of benzene rings is 1. The molecule has 0 radical (unpaired) electrons. The zero-order chi connectivity index (χ0) is 15.8. The molecule has 0 aliphatic carbocycles. The first kappa shape index (κ1) is 17.3. The molecule has 0 aromatic heterocycles. The van der Waals surface area contributed by atoms with Crippen LogP contribution in [-0.2, 0) is 9.59 Å². The predicted molar refractivity (Wildman–Crippen MR) is 80.9 cm³/mol. The van der Waals surface area contributed by atoms with Gasteiger partial charge in [0.1, 0.15) is 6.42 Å². The van der Waals surface area contributed by atoms with Gasteiger partial charge < -0.3 is 15.7 Å². The third kappa shape index (κ3) is 6.05. The molecule has 0 saturated carbocycles. The van der Waals surface area contributed by atoms with Crippen LogP contribution in [0, 0.1) is 12.3 Å². The molecule has 0 aliphatic heterocycles. The highest BCUT2D eigenvalue weighted by molar-refractivity contribution is 6.35. The fraction of sp³-hybridized carbons (Fsp3) is 0.286. The van der Waals surface area contributed by atoms with E-state index in [1.54, 1.807) is 12.1 Å². The molecule has 0 aliphatic rings. The number of carbonyl (C=O) groups is 2. The fourth-order valence-electron chi connectivity index (χ4n) is 1.51. The maximum atomic E-state index is 11.5. The average Bonchev–Trinajstić information content (AvgIpc) is 2.42. The Morgan fingerprint density at radius 1 is 1.29 bits per heavy atom. The van der Waals surface area contributed by atoms with Crippen molar-refractivity contribution in [1.82, 2.24) is 10.6 Å². The number of hydrogen-bond donors (Lipinski definition) is 3. The maximum Gasteiger partial charge on any atom is 0.230 e. The molecule has 0 fully saturated rings. The van der Waals surface area contributed by atoms with Crippen LogP contribution in [0.5, 0.6) is 0 Å². The summed E-state index contributed by atoms with van der Waals surface area (Å²) < 4.78 is 0. The van der Waals surface area contributed by atoms with Crippen molar-refractivity contribution in [3.63, 3.8) is 0 Å². The van der Waals surface area contributed by atoms with Gasteiger partial charge in [0, 0.05) is 22.2 Å². The summed E-state index contributed by atoms with van der Waals surface area (Å²) in [5.41, 5.74) is 0.443. The molecule has 0 spiro atoms. The van der Waals surface area contributed by atoms with Crippen LogP contribution in [0.1, 0.15) is 18.1 Å². The zero-order valence-corrected chi connectivity index (χ0v) is 12.5. The molecule has 2 amide bonds. The van der Waals surface area contributed by atoms with Gasteiger partial charge in [-0.3, -0.25) is 9.59 Å². The van der Waals surface area contributed by atoms with Crippen LogP contribution in [0.3, 0.4) is 0 Å². The Labute approximate surface area is 132 Å². The van der Waals surface area contributed by atoms with Crippen LogP contribution in [0.25, 0.3) is 0 Å². The van der Waals surface area contributed by atoms with Crippen LogP contribution < -0.4 is 10.6 Å². The lowest BCUT2D eigenvalue weighted by atomic mass is 10.1. The van der Waals surface area contributed by atoms with Crippen LogP contribution >= 0.6 is 23.2 Å². The minimum absolute atomic E-state index is 0.0646. The molecule has 5 nitrogen and oxygen atoms in total. The lowest BCUT2D eigenvalue weighted by molar-refractivity contribution is -0.129. The molecule has 21 heavy (non-hydrogen) atoms. The van der Waals surface area contributed by atoms with Crippen LogP contribution in [0.15, 0.2) is 18.2 Å². The third-order valence-electron chi connectivity index (χ3n) is 2.52. The summed E-state index contributed by atoms with van der Waals surface area (Å²) in [5.74, 6) is 1.22. The minimum atomic E-state index is -0.993. The van der Waals surface area contributed by atoms with Gasteiger partial charge in [0.15, 0.2) is 0 Å². The van der Waals surface area contributed by atoms with E-state index >= 15 is 0 Å². The van der Waals surface area contributed by atoms with Crippen molar-refractivity contribution in [2.24, 2.45) is 0 Å². The molecule has 1 aromatic rings. The van der Waals surface area contributed by atoms with Crippen LogP contribution in [0.4, 0.5) is 0 Å². The van der Waals surface area contributed by atoms with Gasteiger partial charge in [-0.05, 0) is 12.1 Å². The van der Waals surface area contributed by atoms with Gasteiger partial charge in [-0.15, -0.1) is 6.42 Å². The normalized spacial score (nSPS) is 11.3. The third-order valence-corrected chi connectivity index (χ3v) is 3.09. The van der Waals surface area contributed by atoms with Crippen LogP contribution in [-0.4, -0.2) is 30.0 Å². The number of hydrogen-bond acceptors (Lipinski definition) is 3. The van der Waals surface area contributed by atoms with Crippen LogP contribution in [0.2, 0.25) is 10.0 Å². The summed E-state index contributed by atoms with van der Waals surface area (Å²) in [4.78, 5) is 22.8. The van der Waals surface area contributed by atoms with Crippen molar-refractivity contribution in [3.05, 3.63) is 33.8 Å². The molecule has 1 rings (SSSR count). The smallest absolute Gasteiger partial charge is 0.230 e. The van der Waals surface area contributed by atoms with Gasteiger partial charge >= 0.3 is 0 Å². The Kier molecular flexibility index (Phi) is 7.03. The van der Waals surface area contributed by atoms with E-state index in [0.717, 1.165) is 0 Å². The Morgan fingerprint density at radius 3 is 2.57 bits per heavy atom. The van der Waals surface area contributed by atoms with E-state index < -0.39 is 17.9 Å². The summed E-state index contributed by atoms with van der Waals surface area (Å²) in [5, 5.41) is 15.5. The van der Waals surface area contributed by atoms with Crippen molar-refractivity contribution in [1.29, 1.82) is 0 Å². The summed E-state index contributed by atoms with van der Waals surface area (Å²) in [7, 11) is 0. The molecular formula is C14H14Cl2N2O3. The van der Waals surface area contributed by atoms with Gasteiger partial charge in [-0.2, -0.15) is 0 Å². The predicted octanol–water partition coefficient (Wildman–Crippen LogP) is 1.28. The molecule has 0 bridgehead atoms. The Bertz CT molecular complexity index is 570.